The van der Waals surface area contributed by atoms with E-state index in [2.05, 4.69) is 49.4 Å². The summed E-state index contributed by atoms with van der Waals surface area (Å²) in [6.45, 7) is 3.08. The molecular formula is C11H18N2. The van der Waals surface area contributed by atoms with E-state index in [9.17, 15) is 0 Å². The van der Waals surface area contributed by atoms with Crippen molar-refractivity contribution < 1.29 is 0 Å². The Balaban J connectivity index is 2.97. The first-order valence-corrected chi connectivity index (χ1v) is 4.56. The summed E-state index contributed by atoms with van der Waals surface area (Å²) in [5.74, 6) is 0. The number of rotatable bonds is 3. The van der Waals surface area contributed by atoms with Gasteiger partial charge in [-0.15, -0.1) is 0 Å². The molecule has 0 fully saturated rings. The lowest BCUT2D eigenvalue weighted by atomic mass is 10.1. The summed E-state index contributed by atoms with van der Waals surface area (Å²) >= 11 is 0. The van der Waals surface area contributed by atoms with Crippen LogP contribution >= 0.6 is 0 Å². The van der Waals surface area contributed by atoms with E-state index < -0.39 is 0 Å². The second-order valence-electron chi connectivity index (χ2n) is 3.54. The van der Waals surface area contributed by atoms with Gasteiger partial charge in [-0.1, -0.05) is 6.07 Å². The van der Waals surface area contributed by atoms with Crippen molar-refractivity contribution in [2.24, 2.45) is 0 Å². The summed E-state index contributed by atoms with van der Waals surface area (Å²) in [4.78, 5) is 2.12. The number of aryl methyl sites for hydroxylation is 1. The number of hydrogen-bond acceptors (Lipinski definition) is 2. The average molecular weight is 178 g/mol. The van der Waals surface area contributed by atoms with Crippen molar-refractivity contribution in [1.82, 2.24) is 5.32 Å². The van der Waals surface area contributed by atoms with Crippen LogP contribution in [0.15, 0.2) is 18.2 Å². The van der Waals surface area contributed by atoms with Gasteiger partial charge in [0, 0.05) is 26.3 Å². The molecule has 72 valence electrons. The largest absolute Gasteiger partial charge is 0.378 e. The number of nitrogens with zero attached hydrogens (tertiary/aromatic N) is 1. The van der Waals surface area contributed by atoms with Gasteiger partial charge in [0.15, 0.2) is 0 Å². The minimum atomic E-state index is 0.938. The first-order chi connectivity index (χ1) is 6.15. The number of hydrogen-bond donors (Lipinski definition) is 1. The van der Waals surface area contributed by atoms with Crippen LogP contribution in [0.25, 0.3) is 0 Å². The first kappa shape index (κ1) is 10.1. The lowest BCUT2D eigenvalue weighted by Gasteiger charge is -2.15. The highest BCUT2D eigenvalue weighted by atomic mass is 15.1. The maximum Gasteiger partial charge on any atom is 0.0364 e. The molecule has 0 unspecified atom stereocenters. The van der Waals surface area contributed by atoms with Crippen LogP contribution in [0.2, 0.25) is 0 Å². The second kappa shape index (κ2) is 4.28. The van der Waals surface area contributed by atoms with Crippen molar-refractivity contribution >= 4 is 5.69 Å². The van der Waals surface area contributed by atoms with E-state index in [1.165, 1.54) is 16.8 Å². The van der Waals surface area contributed by atoms with E-state index in [1.54, 1.807) is 0 Å². The smallest absolute Gasteiger partial charge is 0.0364 e. The fourth-order valence-electron chi connectivity index (χ4n) is 1.32. The zero-order valence-electron chi connectivity index (χ0n) is 8.89. The second-order valence-corrected chi connectivity index (χ2v) is 3.54. The van der Waals surface area contributed by atoms with E-state index in [0.29, 0.717) is 0 Å². The highest BCUT2D eigenvalue weighted by Gasteiger charge is 2.00. The van der Waals surface area contributed by atoms with Crippen LogP contribution in [0.4, 0.5) is 5.69 Å². The normalized spacial score (nSPS) is 10.2. The highest BCUT2D eigenvalue weighted by Crippen LogP contribution is 2.16. The van der Waals surface area contributed by atoms with Crippen LogP contribution < -0.4 is 10.2 Å². The molecule has 1 rings (SSSR count). The Morgan fingerprint density at radius 2 is 2.00 bits per heavy atom. The van der Waals surface area contributed by atoms with Gasteiger partial charge in [0.05, 0.1) is 0 Å². The quantitative estimate of drug-likeness (QED) is 0.759. The Kier molecular flexibility index (Phi) is 3.32. The standard InChI is InChI=1S/C11H18N2/c1-9-5-6-11(13(3)4)7-10(9)8-12-2/h5-7,12H,8H2,1-4H3. The molecule has 0 bridgehead atoms. The van der Waals surface area contributed by atoms with Crippen molar-refractivity contribution in [1.29, 1.82) is 0 Å². The SMILES string of the molecule is CNCc1cc(N(C)C)ccc1C. The number of benzene rings is 1. The van der Waals surface area contributed by atoms with Crippen LogP contribution in [-0.2, 0) is 6.54 Å². The number of anilines is 1. The molecule has 2 heteroatoms. The van der Waals surface area contributed by atoms with E-state index in [0.717, 1.165) is 6.54 Å². The van der Waals surface area contributed by atoms with Gasteiger partial charge in [0.25, 0.3) is 0 Å². The maximum atomic E-state index is 3.17. The molecule has 0 saturated heterocycles. The van der Waals surface area contributed by atoms with E-state index in [1.807, 2.05) is 7.05 Å². The predicted octanol–water partition coefficient (Wildman–Crippen LogP) is 1.78. The molecule has 0 aliphatic carbocycles. The summed E-state index contributed by atoms with van der Waals surface area (Å²) in [6, 6.07) is 6.54. The molecule has 1 aromatic rings. The first-order valence-electron chi connectivity index (χ1n) is 4.56. The minimum absolute atomic E-state index is 0.938. The summed E-state index contributed by atoms with van der Waals surface area (Å²) in [7, 11) is 6.10. The van der Waals surface area contributed by atoms with Crippen LogP contribution in [0.1, 0.15) is 11.1 Å². The fraction of sp³-hybridized carbons (Fsp3) is 0.455. The van der Waals surface area contributed by atoms with Crippen LogP contribution in [-0.4, -0.2) is 21.1 Å². The van der Waals surface area contributed by atoms with E-state index in [-0.39, 0.29) is 0 Å². The molecule has 0 saturated carbocycles. The van der Waals surface area contributed by atoms with Gasteiger partial charge in [0.1, 0.15) is 0 Å². The third-order valence-corrected chi connectivity index (χ3v) is 2.22. The van der Waals surface area contributed by atoms with Crippen molar-refractivity contribution in [3.05, 3.63) is 29.3 Å². The lowest BCUT2D eigenvalue weighted by Crippen LogP contribution is -2.11. The Morgan fingerprint density at radius 1 is 1.31 bits per heavy atom. The Bertz CT molecular complexity index is 279. The summed E-state index contributed by atoms with van der Waals surface area (Å²) < 4.78 is 0. The van der Waals surface area contributed by atoms with Crippen LogP contribution in [0.3, 0.4) is 0 Å². The molecule has 0 aromatic heterocycles. The van der Waals surface area contributed by atoms with Gasteiger partial charge in [-0.05, 0) is 37.2 Å². The predicted molar refractivity (Wildman–Crippen MR) is 58.3 cm³/mol. The van der Waals surface area contributed by atoms with Gasteiger partial charge >= 0.3 is 0 Å². The summed E-state index contributed by atoms with van der Waals surface area (Å²) in [5.41, 5.74) is 3.98. The van der Waals surface area contributed by atoms with Gasteiger partial charge in [-0.3, -0.25) is 0 Å². The van der Waals surface area contributed by atoms with E-state index in [4.69, 9.17) is 0 Å². The summed E-state index contributed by atoms with van der Waals surface area (Å²) in [5, 5.41) is 3.17. The van der Waals surface area contributed by atoms with Crippen molar-refractivity contribution in [3.63, 3.8) is 0 Å². The fourth-order valence-corrected chi connectivity index (χ4v) is 1.32. The third kappa shape index (κ3) is 2.46. The van der Waals surface area contributed by atoms with Crippen LogP contribution in [0, 0.1) is 6.92 Å². The zero-order chi connectivity index (χ0) is 9.84. The van der Waals surface area contributed by atoms with Crippen molar-refractivity contribution in [2.45, 2.75) is 13.5 Å². The van der Waals surface area contributed by atoms with Gasteiger partial charge in [-0.2, -0.15) is 0 Å². The van der Waals surface area contributed by atoms with Gasteiger partial charge in [-0.25, -0.2) is 0 Å². The minimum Gasteiger partial charge on any atom is -0.378 e. The monoisotopic (exact) mass is 178 g/mol. The molecule has 13 heavy (non-hydrogen) atoms. The van der Waals surface area contributed by atoms with Gasteiger partial charge in [0.2, 0.25) is 0 Å². The molecular weight excluding hydrogens is 160 g/mol. The van der Waals surface area contributed by atoms with Crippen molar-refractivity contribution in [2.75, 3.05) is 26.0 Å². The molecule has 2 nitrogen and oxygen atoms in total. The Morgan fingerprint density at radius 3 is 2.54 bits per heavy atom. The topological polar surface area (TPSA) is 15.3 Å². The maximum absolute atomic E-state index is 3.17. The lowest BCUT2D eigenvalue weighted by molar-refractivity contribution is 0.811. The average Bonchev–Trinajstić information content (AvgIpc) is 2.08. The molecule has 0 aliphatic rings. The number of nitrogens with one attached hydrogen (secondary N) is 1. The van der Waals surface area contributed by atoms with E-state index >= 15 is 0 Å². The van der Waals surface area contributed by atoms with Crippen molar-refractivity contribution in [3.8, 4) is 0 Å². The highest BCUT2D eigenvalue weighted by molar-refractivity contribution is 5.49. The van der Waals surface area contributed by atoms with Gasteiger partial charge < -0.3 is 10.2 Å². The molecule has 0 amide bonds. The molecule has 1 aromatic carbocycles. The third-order valence-electron chi connectivity index (χ3n) is 2.22. The Labute approximate surface area is 80.6 Å². The Hall–Kier alpha value is -1.02. The van der Waals surface area contributed by atoms with Crippen LogP contribution in [0.5, 0.6) is 0 Å². The molecule has 0 spiro atoms. The summed E-state index contributed by atoms with van der Waals surface area (Å²) in [6.07, 6.45) is 0. The molecule has 0 atom stereocenters. The zero-order valence-corrected chi connectivity index (χ0v) is 8.89. The molecule has 0 aliphatic heterocycles. The molecule has 0 heterocycles. The molecule has 0 radical (unpaired) electrons. The molecule has 1 N–H and O–H groups in total.